The van der Waals surface area contributed by atoms with Crippen LogP contribution in [0.5, 0.6) is 0 Å². The molecule has 0 aromatic heterocycles. The molecular weight excluding hydrogens is 230 g/mol. The van der Waals surface area contributed by atoms with Crippen LogP contribution in [0.3, 0.4) is 0 Å². The maximum Gasteiger partial charge on any atom is 0.351 e. The number of esters is 2. The van der Waals surface area contributed by atoms with Crippen LogP contribution in [0, 0.1) is 11.3 Å². The molecule has 1 unspecified atom stereocenters. The van der Waals surface area contributed by atoms with Gasteiger partial charge in [0.2, 0.25) is 0 Å². The second kappa shape index (κ2) is 5.28. The van der Waals surface area contributed by atoms with Crippen molar-refractivity contribution >= 4 is 27.3 Å². The summed E-state index contributed by atoms with van der Waals surface area (Å²) in [4.78, 5) is 23.1. The van der Waals surface area contributed by atoms with Gasteiger partial charge >= 0.3 is 11.9 Å². The van der Waals surface area contributed by atoms with Crippen LogP contribution < -0.4 is 0 Å². The molecule has 5 nitrogen and oxygen atoms in total. The molecule has 1 rings (SSSR count). The van der Waals surface area contributed by atoms with Crippen molar-refractivity contribution in [1.82, 2.24) is 0 Å². The van der Waals surface area contributed by atoms with E-state index in [2.05, 4.69) is 9.47 Å². The van der Waals surface area contributed by atoms with Crippen molar-refractivity contribution in [2.75, 3.05) is 14.2 Å². The normalized spacial score (nSPS) is 17.3. The monoisotopic (exact) mass is 239 g/mol. The zero-order valence-electron chi connectivity index (χ0n) is 8.72. The molecule has 0 saturated heterocycles. The van der Waals surface area contributed by atoms with Crippen LogP contribution in [-0.2, 0) is 19.1 Å². The molecule has 0 aromatic rings. The lowest BCUT2D eigenvalue weighted by Crippen LogP contribution is -2.26. The minimum atomic E-state index is -0.976. The first-order chi connectivity index (χ1) is 7.65. The second-order valence-corrected chi connectivity index (χ2v) is 4.42. The van der Waals surface area contributed by atoms with Gasteiger partial charge in [0.05, 0.1) is 19.1 Å². The van der Waals surface area contributed by atoms with E-state index in [1.54, 1.807) is 17.6 Å². The van der Waals surface area contributed by atoms with Crippen LogP contribution >= 0.6 is 10.5 Å². The third kappa shape index (κ3) is 2.20. The Morgan fingerprint density at radius 2 is 1.88 bits per heavy atom. The number of nitrogens with zero attached hydrogens (tertiary/aromatic N) is 1. The van der Waals surface area contributed by atoms with E-state index < -0.39 is 22.4 Å². The predicted molar refractivity (Wildman–Crippen MR) is 59.5 cm³/mol. The van der Waals surface area contributed by atoms with Gasteiger partial charge in [-0.3, -0.25) is 0 Å². The van der Waals surface area contributed by atoms with Crippen molar-refractivity contribution in [3.8, 4) is 6.07 Å². The number of ether oxygens (including phenoxy) is 2. The summed E-state index contributed by atoms with van der Waals surface area (Å²) in [5.74, 6) is -1.55. The quantitative estimate of drug-likeness (QED) is 0.403. The number of nitriles is 1. The fourth-order valence-corrected chi connectivity index (χ4v) is 2.65. The third-order valence-corrected chi connectivity index (χ3v) is 3.67. The summed E-state index contributed by atoms with van der Waals surface area (Å²) in [6, 6.07) is 1.93. The minimum absolute atomic E-state index is 0.161. The Morgan fingerprint density at radius 1 is 1.31 bits per heavy atom. The van der Waals surface area contributed by atoms with Crippen LogP contribution in [0.15, 0.2) is 22.5 Å². The van der Waals surface area contributed by atoms with Crippen molar-refractivity contribution in [2.24, 2.45) is 0 Å². The molecule has 1 atom stereocenters. The Balaban J connectivity index is 3.31. The van der Waals surface area contributed by atoms with E-state index in [1.807, 2.05) is 6.07 Å². The summed E-state index contributed by atoms with van der Waals surface area (Å²) in [7, 11) is 1.37. The van der Waals surface area contributed by atoms with Gasteiger partial charge in [-0.25, -0.2) is 9.59 Å². The van der Waals surface area contributed by atoms with Crippen molar-refractivity contribution in [3.63, 3.8) is 0 Å². The molecule has 1 aliphatic rings. The zero-order valence-corrected chi connectivity index (χ0v) is 9.54. The van der Waals surface area contributed by atoms with Crippen LogP contribution in [0.4, 0.5) is 0 Å². The van der Waals surface area contributed by atoms with Gasteiger partial charge in [0.1, 0.15) is 6.07 Å². The lowest BCUT2D eigenvalue weighted by Gasteiger charge is -2.07. The van der Waals surface area contributed by atoms with Gasteiger partial charge in [0, 0.05) is 0 Å². The SMILES string of the molecule is COC(=O)C(C(=O)OC)=S1C=CC=C1C#N. The topological polar surface area (TPSA) is 76.4 Å². The first-order valence-corrected chi connectivity index (χ1v) is 5.49. The van der Waals surface area contributed by atoms with E-state index in [-0.39, 0.29) is 4.86 Å². The molecule has 0 aliphatic carbocycles. The Kier molecular flexibility index (Phi) is 4.03. The van der Waals surface area contributed by atoms with Crippen LogP contribution in [0.25, 0.3) is 0 Å². The molecule has 84 valence electrons. The van der Waals surface area contributed by atoms with Crippen LogP contribution in [-0.4, -0.2) is 31.0 Å². The van der Waals surface area contributed by atoms with E-state index in [4.69, 9.17) is 5.26 Å². The molecule has 0 bridgehead atoms. The van der Waals surface area contributed by atoms with Gasteiger partial charge in [-0.05, 0) is 11.5 Å². The molecule has 0 fully saturated rings. The number of rotatable bonds is 2. The average Bonchev–Trinajstić information content (AvgIpc) is 2.76. The van der Waals surface area contributed by atoms with Crippen molar-refractivity contribution in [1.29, 1.82) is 5.26 Å². The fourth-order valence-electron chi connectivity index (χ4n) is 1.06. The molecular formula is C10H9NO4S. The fraction of sp³-hybridized carbons (Fsp3) is 0.200. The number of methoxy groups -OCH3 is 2. The molecule has 6 heteroatoms. The van der Waals surface area contributed by atoms with E-state index in [0.717, 1.165) is 0 Å². The van der Waals surface area contributed by atoms with Crippen LogP contribution in [0.2, 0.25) is 0 Å². The number of allylic oxidation sites excluding steroid dienone is 3. The predicted octanol–water partition coefficient (Wildman–Crippen LogP) is 0.708. The molecule has 0 saturated carbocycles. The van der Waals surface area contributed by atoms with E-state index >= 15 is 0 Å². The highest BCUT2D eigenvalue weighted by Gasteiger charge is 2.26. The Morgan fingerprint density at radius 3 is 2.31 bits per heavy atom. The molecule has 0 radical (unpaired) electrons. The number of hydrogen-bond acceptors (Lipinski definition) is 5. The number of carbonyl (C=O) groups is 2. The molecule has 16 heavy (non-hydrogen) atoms. The highest BCUT2D eigenvalue weighted by molar-refractivity contribution is 8.23. The highest BCUT2D eigenvalue weighted by atomic mass is 32.2. The van der Waals surface area contributed by atoms with E-state index in [0.29, 0.717) is 4.91 Å². The number of carbonyl (C=O) groups excluding carboxylic acids is 2. The van der Waals surface area contributed by atoms with Crippen LogP contribution in [0.1, 0.15) is 0 Å². The summed E-state index contributed by atoms with van der Waals surface area (Å²) >= 11 is 0. The van der Waals surface area contributed by atoms with Crippen molar-refractivity contribution < 1.29 is 19.1 Å². The smallest absolute Gasteiger partial charge is 0.351 e. The molecule has 1 aliphatic heterocycles. The standard InChI is InChI=1S/C10H9NO4S/c1-14-9(12)8(10(13)15-2)16-5-3-4-7(16)6-11/h3-5H,1-2H3. The largest absolute Gasteiger partial charge is 0.465 e. The Bertz CT molecular complexity index is 450. The average molecular weight is 239 g/mol. The molecule has 0 aromatic carbocycles. The molecule has 1 heterocycles. The van der Waals surface area contributed by atoms with Gasteiger partial charge < -0.3 is 9.47 Å². The van der Waals surface area contributed by atoms with Gasteiger partial charge in [0.15, 0.2) is 4.86 Å². The molecule has 0 N–H and O–H groups in total. The third-order valence-electron chi connectivity index (χ3n) is 1.77. The maximum atomic E-state index is 11.4. The second-order valence-electron chi connectivity index (χ2n) is 2.62. The summed E-state index contributed by atoms with van der Waals surface area (Å²) < 4.78 is 9.00. The first-order valence-electron chi connectivity index (χ1n) is 4.21. The number of hydrogen-bond donors (Lipinski definition) is 0. The summed E-state index contributed by atoms with van der Waals surface area (Å²) in [5.41, 5.74) is 0. The Hall–Kier alpha value is -1.87. The molecule has 0 spiro atoms. The maximum absolute atomic E-state index is 11.4. The lowest BCUT2D eigenvalue weighted by atomic mass is 10.4. The highest BCUT2D eigenvalue weighted by Crippen LogP contribution is 2.33. The van der Waals surface area contributed by atoms with Gasteiger partial charge in [-0.2, -0.15) is 5.26 Å². The summed E-state index contributed by atoms with van der Waals surface area (Å²) in [6.45, 7) is 0. The summed E-state index contributed by atoms with van der Waals surface area (Å²) in [5, 5.41) is 10.4. The summed E-state index contributed by atoms with van der Waals surface area (Å²) in [6.07, 6.45) is 3.17. The molecule has 0 amide bonds. The minimum Gasteiger partial charge on any atom is -0.465 e. The van der Waals surface area contributed by atoms with Crippen molar-refractivity contribution in [2.45, 2.75) is 0 Å². The Labute approximate surface area is 94.9 Å². The van der Waals surface area contributed by atoms with E-state index in [1.165, 1.54) is 14.2 Å². The van der Waals surface area contributed by atoms with Crippen molar-refractivity contribution in [3.05, 3.63) is 22.5 Å². The zero-order chi connectivity index (χ0) is 12.1. The van der Waals surface area contributed by atoms with E-state index in [9.17, 15) is 9.59 Å². The van der Waals surface area contributed by atoms with Gasteiger partial charge in [-0.15, -0.1) is 0 Å². The first kappa shape index (κ1) is 12.2. The van der Waals surface area contributed by atoms with Gasteiger partial charge in [0.25, 0.3) is 0 Å². The van der Waals surface area contributed by atoms with Gasteiger partial charge in [-0.1, -0.05) is 16.6 Å². The lowest BCUT2D eigenvalue weighted by molar-refractivity contribution is -0.137.